The van der Waals surface area contributed by atoms with Gasteiger partial charge in [-0.2, -0.15) is 13.5 Å². The quantitative estimate of drug-likeness (QED) is 0.00995. The summed E-state index contributed by atoms with van der Waals surface area (Å²) in [5, 5.41) is 56.0. The number of nitrogens with one attached hydrogen (secondary N) is 14. The predicted molar refractivity (Wildman–Crippen MR) is 391 cm³/mol. The van der Waals surface area contributed by atoms with E-state index < -0.39 is 202 Å². The Kier molecular flexibility index (Phi) is 37.7. The van der Waals surface area contributed by atoms with Crippen LogP contribution in [0, 0.1) is 11.8 Å². The van der Waals surface area contributed by atoms with Crippen LogP contribution in [0.2, 0.25) is 0 Å². The normalized spacial score (nSPS) is 20.5. The maximum atomic E-state index is 14.1. The first-order valence-electron chi connectivity index (χ1n) is 35.2. The topological polar surface area (TPSA) is 673 Å². The van der Waals surface area contributed by atoms with Crippen molar-refractivity contribution in [1.82, 2.24) is 74.1 Å². The van der Waals surface area contributed by atoms with Crippen molar-refractivity contribution in [3.8, 4) is 0 Å². The van der Waals surface area contributed by atoms with E-state index in [1.807, 2.05) is 0 Å². The van der Waals surface area contributed by atoms with Gasteiger partial charge in [0.2, 0.25) is 70.9 Å². The summed E-state index contributed by atoms with van der Waals surface area (Å²) in [6, 6.07) is -4.97. The van der Waals surface area contributed by atoms with E-state index in [0.717, 1.165) is 18.5 Å². The second kappa shape index (κ2) is 45.8. The molecule has 0 radical (unpaired) electrons. The van der Waals surface area contributed by atoms with E-state index in [9.17, 15) is 95.1 Å². The van der Waals surface area contributed by atoms with Crippen molar-refractivity contribution in [3.63, 3.8) is 0 Å². The summed E-state index contributed by atoms with van der Waals surface area (Å²) in [5.74, 6) is -15.9. The highest BCUT2D eigenvalue weighted by molar-refractivity contribution is 7.86. The highest BCUT2D eigenvalue weighted by Gasteiger charge is 2.37. The molecule has 0 aliphatic carbocycles. The number of hydrogen-bond acceptors (Lipinski definition) is 22. The van der Waals surface area contributed by atoms with Crippen LogP contribution in [-0.4, -0.2) is 229 Å². The number of carboxylic acid groups (broad SMARTS) is 2. The standard InChI is InChI=1S/C66H100N22O20S/c1-35(2)53-63(104)82-41(59(100)84-44(29-51(92)93)57(98)76-33-49(90)79-39(61(102)86-53)16-9-13-27-73-65(67)68)18-7-11-25-71-48(89)24-22-43(81-55(96)38-21-23-47(75-31-38)88-78-32-37-15-5-6-20-46(37)109(106,107)108)56(97)72-26-12-8-19-42-60(101)85-45(30-52(94)95)58(99)77-34-50(91)80-40(17-10-14-28-74-66(69)70)62(103)87-54(36(3)4)64(105)83-42/h5-6,15,20-21,23,31-32,35-36,39-45,53-54H,7-14,16-19,22,24-30,33-34H2,1-4H3,(H,71,89)(H,72,97)(H,75,88)(H,76,98)(H,77,99)(H,79,90)(H,80,91)(H,81,96)(H,82,104)(H,83,105)(H,84,100)(H,85,101)(H,86,102)(H,87,103)(H,92,93)(H,94,95)(H4,67,68,73)(H4,69,70,74)(H,106,107,108)/b78-32+/t39-,40-,41-,42-,43+,44-,45-,53+,54+/m1/s1. The van der Waals surface area contributed by atoms with Gasteiger partial charge < -0.3 is 102 Å². The number of aromatic nitrogens is 1. The molecular formula is C66H100N22O20S. The number of carbonyl (C=O) groups excluding carboxylic acids is 13. The van der Waals surface area contributed by atoms with E-state index in [1.165, 1.54) is 30.3 Å². The van der Waals surface area contributed by atoms with Gasteiger partial charge in [-0.1, -0.05) is 45.9 Å². The number of nitrogens with zero attached hydrogens (tertiary/aromatic N) is 4. The summed E-state index contributed by atoms with van der Waals surface area (Å²) >= 11 is 0. The average Bonchev–Trinajstić information content (AvgIpc) is 1.40. The smallest absolute Gasteiger partial charge is 0.305 e. The number of aliphatic imine (C=N–C) groups is 2. The number of guanidine groups is 2. The number of carboxylic acids is 2. The first-order chi connectivity index (χ1) is 51.5. The molecule has 42 nitrogen and oxygen atoms in total. The Labute approximate surface area is 627 Å². The first-order valence-corrected chi connectivity index (χ1v) is 36.6. The molecule has 25 N–H and O–H groups in total. The maximum absolute atomic E-state index is 14.1. The Bertz CT molecular complexity index is 3760. The Morgan fingerprint density at radius 2 is 0.982 bits per heavy atom. The summed E-state index contributed by atoms with van der Waals surface area (Å²) in [7, 11) is -4.61. The fraction of sp³-hybridized carbons (Fsp3) is 0.561. The molecule has 2 fully saturated rings. The number of hydrazone groups is 1. The highest BCUT2D eigenvalue weighted by Crippen LogP contribution is 2.17. The van der Waals surface area contributed by atoms with Gasteiger partial charge in [-0.3, -0.25) is 91.9 Å². The molecule has 2 aliphatic rings. The van der Waals surface area contributed by atoms with Crippen LogP contribution < -0.4 is 97.5 Å². The van der Waals surface area contributed by atoms with E-state index in [4.69, 9.17) is 22.9 Å². The maximum Gasteiger partial charge on any atom is 0.305 e. The van der Waals surface area contributed by atoms with E-state index in [2.05, 4.69) is 94.6 Å². The lowest BCUT2D eigenvalue weighted by Crippen LogP contribution is -2.59. The lowest BCUT2D eigenvalue weighted by molar-refractivity contribution is -0.141. The summed E-state index contributed by atoms with van der Waals surface area (Å²) in [6.07, 6.45) is 0.939. The van der Waals surface area contributed by atoms with E-state index in [-0.39, 0.29) is 113 Å². The molecule has 1 aromatic carbocycles. The summed E-state index contributed by atoms with van der Waals surface area (Å²) < 4.78 is 33.4. The van der Waals surface area contributed by atoms with Gasteiger partial charge >= 0.3 is 11.9 Å². The molecule has 109 heavy (non-hydrogen) atoms. The van der Waals surface area contributed by atoms with Crippen molar-refractivity contribution in [2.24, 2.45) is 49.9 Å². The number of hydrogen-bond donors (Lipinski definition) is 21. The Balaban J connectivity index is 1.53. The van der Waals surface area contributed by atoms with Crippen molar-refractivity contribution < 1.29 is 95.1 Å². The number of rotatable bonds is 36. The van der Waals surface area contributed by atoms with Gasteiger partial charge in [0.05, 0.1) is 37.7 Å². The molecular weight excluding hydrogens is 1450 g/mol. The van der Waals surface area contributed by atoms with Crippen LogP contribution in [0.25, 0.3) is 0 Å². The van der Waals surface area contributed by atoms with Crippen LogP contribution in [0.15, 0.2) is 62.6 Å². The molecule has 2 aliphatic heterocycles. The van der Waals surface area contributed by atoms with Gasteiger partial charge in [0.1, 0.15) is 65.1 Å². The number of pyridine rings is 1. The van der Waals surface area contributed by atoms with Crippen molar-refractivity contribution in [2.75, 3.05) is 44.7 Å². The molecule has 9 atom stereocenters. The Hall–Kier alpha value is -11.7. The molecule has 1 aromatic heterocycles. The number of carbonyl (C=O) groups is 15. The highest BCUT2D eigenvalue weighted by atomic mass is 32.2. The average molecular weight is 1550 g/mol. The SMILES string of the molecule is CC(C)[C@@H]1NC(=O)[C@@H](CCCCN=C(N)N)NC(=O)CNC(=O)[C@@H](CC(=O)O)NC(=O)[C@@H](CCCCNC(=O)CC[C@H](NC(=O)c2ccc(N/N=C/c3ccccc3S(=O)(=O)O)nc2)C(=O)NCCCC[C@H]2NC(=O)[C@H](C(C)C)NC(=O)[C@@H](CCCCN=C(N)N)NC(=O)CNC(=O)[C@@H](CC(=O)O)NC2=O)NC1=O. The van der Waals surface area contributed by atoms with E-state index in [0.29, 0.717) is 25.7 Å². The summed E-state index contributed by atoms with van der Waals surface area (Å²) in [6.45, 7) is 5.11. The third-order valence-electron chi connectivity index (χ3n) is 16.7. The van der Waals surface area contributed by atoms with Crippen LogP contribution in [0.5, 0.6) is 0 Å². The molecule has 13 amide bonds. The minimum Gasteiger partial charge on any atom is -0.481 e. The number of nitrogens with two attached hydrogens (primary N) is 4. The molecule has 43 heteroatoms. The van der Waals surface area contributed by atoms with Crippen LogP contribution in [0.1, 0.15) is 146 Å². The fourth-order valence-corrected chi connectivity index (χ4v) is 11.5. The van der Waals surface area contributed by atoms with Crippen molar-refractivity contribution in [1.29, 1.82) is 0 Å². The third kappa shape index (κ3) is 33.4. The molecule has 600 valence electrons. The molecule has 3 heterocycles. The van der Waals surface area contributed by atoms with Gasteiger partial charge in [-0.05, 0) is 114 Å². The van der Waals surface area contributed by atoms with Crippen LogP contribution in [0.4, 0.5) is 5.82 Å². The number of amides is 13. The molecule has 0 spiro atoms. The predicted octanol–water partition coefficient (Wildman–Crippen LogP) is -5.49. The van der Waals surface area contributed by atoms with Crippen LogP contribution in [0.3, 0.4) is 0 Å². The van der Waals surface area contributed by atoms with E-state index in [1.54, 1.807) is 27.7 Å². The summed E-state index contributed by atoms with van der Waals surface area (Å²) in [5.41, 5.74) is 24.1. The van der Waals surface area contributed by atoms with Gasteiger partial charge in [-0.25, -0.2) is 4.98 Å². The molecule has 0 bridgehead atoms. The van der Waals surface area contributed by atoms with Gasteiger partial charge in [0.15, 0.2) is 11.9 Å². The van der Waals surface area contributed by atoms with Gasteiger partial charge in [0.25, 0.3) is 16.0 Å². The van der Waals surface area contributed by atoms with Crippen molar-refractivity contribution in [3.05, 3.63) is 53.7 Å². The van der Waals surface area contributed by atoms with Crippen LogP contribution >= 0.6 is 0 Å². The van der Waals surface area contributed by atoms with Crippen LogP contribution in [-0.2, 0) is 77.2 Å². The number of aliphatic carboxylic acids is 2. The summed E-state index contributed by atoms with van der Waals surface area (Å²) in [4.78, 5) is 214. The Morgan fingerprint density at radius 3 is 1.41 bits per heavy atom. The molecule has 4 rings (SSSR count). The second-order valence-corrected chi connectivity index (χ2v) is 27.6. The third-order valence-corrected chi connectivity index (χ3v) is 17.6. The van der Waals surface area contributed by atoms with E-state index >= 15 is 0 Å². The lowest BCUT2D eigenvalue weighted by Gasteiger charge is -2.27. The van der Waals surface area contributed by atoms with Gasteiger partial charge in [0, 0.05) is 44.4 Å². The number of unbranched alkanes of at least 4 members (excludes halogenated alkanes) is 4. The Morgan fingerprint density at radius 1 is 0.550 bits per heavy atom. The first kappa shape index (κ1) is 89.7. The molecule has 0 saturated carbocycles. The second-order valence-electron chi connectivity index (χ2n) is 26.2. The molecule has 0 unspecified atom stereocenters. The monoisotopic (exact) mass is 1550 g/mol. The van der Waals surface area contributed by atoms with Crippen molar-refractivity contribution in [2.45, 2.75) is 190 Å². The fourth-order valence-electron chi connectivity index (χ4n) is 10.9. The largest absolute Gasteiger partial charge is 0.481 e. The zero-order valence-corrected chi connectivity index (χ0v) is 61.6. The number of anilines is 1. The minimum absolute atomic E-state index is 0.0260. The molecule has 2 saturated heterocycles. The number of benzene rings is 1. The zero-order chi connectivity index (χ0) is 80.9. The molecule has 2 aromatic rings. The van der Waals surface area contributed by atoms with Gasteiger partial charge in [-0.15, -0.1) is 0 Å². The lowest BCUT2D eigenvalue weighted by atomic mass is 10.00. The zero-order valence-electron chi connectivity index (χ0n) is 60.8. The minimum atomic E-state index is -4.61. The van der Waals surface area contributed by atoms with Crippen molar-refractivity contribution >= 4 is 123 Å².